The summed E-state index contributed by atoms with van der Waals surface area (Å²) in [5.74, 6) is 0. The first-order chi connectivity index (χ1) is 4.34. The van der Waals surface area contributed by atoms with Gasteiger partial charge in [0.25, 0.3) is 0 Å². The van der Waals surface area contributed by atoms with Crippen molar-refractivity contribution >= 4 is 0 Å². The third-order valence-electron chi connectivity index (χ3n) is 1.56. The Labute approximate surface area is 92.9 Å². The quantitative estimate of drug-likeness (QED) is 0.494. The minimum Gasteiger partial charge on any atom is -1.00 e. The summed E-state index contributed by atoms with van der Waals surface area (Å²) in [7, 11) is 0. The van der Waals surface area contributed by atoms with Gasteiger partial charge >= 0.3 is 68.6 Å². The molecule has 0 heterocycles. The summed E-state index contributed by atoms with van der Waals surface area (Å²) >= 11 is -0.0837. The zero-order valence-electron chi connectivity index (χ0n) is 6.82. The van der Waals surface area contributed by atoms with Gasteiger partial charge in [0.2, 0.25) is 0 Å². The summed E-state index contributed by atoms with van der Waals surface area (Å²) in [4.78, 5) is 0. The Kier molecular flexibility index (Phi) is 9.97. The fourth-order valence-corrected chi connectivity index (χ4v) is 3.62. The van der Waals surface area contributed by atoms with Gasteiger partial charge in [-0.05, 0) is 0 Å². The maximum absolute atomic E-state index is 2.31. The van der Waals surface area contributed by atoms with Crippen molar-refractivity contribution in [1.82, 2.24) is 0 Å². The van der Waals surface area contributed by atoms with Gasteiger partial charge in [0.05, 0.1) is 0 Å². The summed E-state index contributed by atoms with van der Waals surface area (Å²) in [6.07, 6.45) is 5.85. The monoisotopic (exact) mass is 268 g/mol. The van der Waals surface area contributed by atoms with E-state index in [1.807, 2.05) is 0 Å². The van der Waals surface area contributed by atoms with Gasteiger partial charge in [0.1, 0.15) is 0 Å². The van der Waals surface area contributed by atoms with Crippen molar-refractivity contribution in [3.63, 3.8) is 0 Å². The van der Waals surface area contributed by atoms with Gasteiger partial charge in [0, 0.05) is 0 Å². The molecule has 11 heavy (non-hydrogen) atoms. The molecule has 0 nitrogen and oxygen atoms in total. The van der Waals surface area contributed by atoms with E-state index < -0.39 is 0 Å². The molecule has 0 aliphatic heterocycles. The fourth-order valence-electron chi connectivity index (χ4n) is 1.04. The average Bonchev–Trinajstić information content (AvgIpc) is 2.18. The number of hydrogen-bond acceptors (Lipinski definition) is 0. The van der Waals surface area contributed by atoms with Crippen LogP contribution in [0.4, 0.5) is 0 Å². The third kappa shape index (κ3) is 4.50. The topological polar surface area (TPSA) is 0 Å². The molecule has 0 radical (unpaired) electrons. The molecule has 1 rings (SSSR count). The normalized spacial score (nSPS) is 13.6. The summed E-state index contributed by atoms with van der Waals surface area (Å²) < 4.78 is 3.26. The Hall–Kier alpha value is 0.943. The van der Waals surface area contributed by atoms with Crippen LogP contribution in [0.1, 0.15) is 20.3 Å². The molecule has 62 valence electrons. The van der Waals surface area contributed by atoms with Crippen molar-refractivity contribution in [2.45, 2.75) is 24.4 Å². The Balaban J connectivity index is 0. The van der Waals surface area contributed by atoms with E-state index in [0.717, 1.165) is 0 Å². The Morgan fingerprint density at radius 1 is 1.45 bits per heavy atom. The van der Waals surface area contributed by atoms with Crippen LogP contribution in [-0.2, 0) is 23.2 Å². The second-order valence-corrected chi connectivity index (χ2v) is 6.39. The zero-order valence-corrected chi connectivity index (χ0v) is 10.8. The molecule has 0 atom stereocenters. The van der Waals surface area contributed by atoms with E-state index in [2.05, 4.69) is 26.0 Å². The van der Waals surface area contributed by atoms with Crippen LogP contribution in [0, 0.1) is 0 Å². The standard InChI is InChI=1S/C6H7.C2H5.2ClH.Zr/c1-6-4-2-3-5-6;1-2;;;/h2,4H,3H2,1H3;1H2,2H3;2*1H;/q;;;;+2/p-2. The molecule has 0 amide bonds. The van der Waals surface area contributed by atoms with Gasteiger partial charge in [0.15, 0.2) is 0 Å². The maximum atomic E-state index is 2.31. The number of hydrogen-bond donors (Lipinski definition) is 0. The Morgan fingerprint density at radius 3 is 2.45 bits per heavy atom. The molecular formula is C8H12Cl2Zr. The van der Waals surface area contributed by atoms with Gasteiger partial charge in [-0.15, -0.1) is 0 Å². The molecule has 0 unspecified atom stereocenters. The van der Waals surface area contributed by atoms with Gasteiger partial charge in [-0.3, -0.25) is 0 Å². The van der Waals surface area contributed by atoms with Crippen molar-refractivity contribution in [3.05, 3.63) is 21.0 Å². The number of halogens is 2. The van der Waals surface area contributed by atoms with Gasteiger partial charge < -0.3 is 24.8 Å². The molecule has 0 aromatic rings. The molecule has 0 saturated carbocycles. The van der Waals surface area contributed by atoms with Gasteiger partial charge in [-0.1, -0.05) is 0 Å². The molecule has 0 spiro atoms. The van der Waals surface area contributed by atoms with Crippen LogP contribution >= 0.6 is 0 Å². The van der Waals surface area contributed by atoms with Crippen LogP contribution in [0.3, 0.4) is 0 Å². The van der Waals surface area contributed by atoms with Crippen molar-refractivity contribution < 1.29 is 48.0 Å². The third-order valence-corrected chi connectivity index (χ3v) is 4.95. The summed E-state index contributed by atoms with van der Waals surface area (Å²) in [5, 5.41) is 0. The van der Waals surface area contributed by atoms with Crippen molar-refractivity contribution in [2.24, 2.45) is 0 Å². The van der Waals surface area contributed by atoms with Gasteiger partial charge in [-0.25, -0.2) is 0 Å². The van der Waals surface area contributed by atoms with E-state index in [4.69, 9.17) is 0 Å². The van der Waals surface area contributed by atoms with Crippen LogP contribution in [-0.4, -0.2) is 0 Å². The van der Waals surface area contributed by atoms with Crippen LogP contribution in [0.2, 0.25) is 4.13 Å². The minimum atomic E-state index is -0.0837. The van der Waals surface area contributed by atoms with Crippen molar-refractivity contribution in [1.29, 1.82) is 0 Å². The molecule has 0 aromatic carbocycles. The summed E-state index contributed by atoms with van der Waals surface area (Å²) in [5.41, 5.74) is 1.57. The predicted octanol–water partition coefficient (Wildman–Crippen LogP) is -3.25. The molecule has 3 heteroatoms. The SMILES string of the molecule is C[CH2][Zr+2][C]1=C(C)C=CC1.[Cl-].[Cl-]. The van der Waals surface area contributed by atoms with E-state index in [-0.39, 0.29) is 48.0 Å². The maximum Gasteiger partial charge on any atom is -1.00 e. The minimum absolute atomic E-state index is 0. The van der Waals surface area contributed by atoms with E-state index in [0.29, 0.717) is 0 Å². The van der Waals surface area contributed by atoms with E-state index in [9.17, 15) is 0 Å². The molecule has 1 aliphatic rings. The second kappa shape index (κ2) is 7.58. The van der Waals surface area contributed by atoms with Crippen molar-refractivity contribution in [2.75, 3.05) is 0 Å². The molecule has 1 aliphatic carbocycles. The first-order valence-electron chi connectivity index (χ1n) is 3.44. The first-order valence-corrected chi connectivity index (χ1v) is 6.41. The number of allylic oxidation sites excluding steroid dienone is 4. The van der Waals surface area contributed by atoms with Crippen LogP contribution in [0.15, 0.2) is 21.0 Å². The number of rotatable bonds is 2. The molecule has 0 N–H and O–H groups in total. The van der Waals surface area contributed by atoms with Crippen LogP contribution in [0.5, 0.6) is 0 Å². The largest absolute Gasteiger partial charge is 1.00 e. The average molecular weight is 270 g/mol. The fraction of sp³-hybridized carbons (Fsp3) is 0.500. The van der Waals surface area contributed by atoms with Gasteiger partial charge in [-0.2, -0.15) is 0 Å². The molecule has 0 fully saturated rings. The van der Waals surface area contributed by atoms with Crippen LogP contribution < -0.4 is 24.8 Å². The van der Waals surface area contributed by atoms with Crippen LogP contribution in [0.25, 0.3) is 0 Å². The van der Waals surface area contributed by atoms with E-state index in [1.165, 1.54) is 10.5 Å². The molecular weight excluding hydrogens is 258 g/mol. The smallest absolute Gasteiger partial charge is 1.00 e. The summed E-state index contributed by atoms with van der Waals surface area (Å²) in [6, 6.07) is 0. The molecule has 0 aromatic heterocycles. The second-order valence-electron chi connectivity index (χ2n) is 2.30. The Morgan fingerprint density at radius 2 is 2.09 bits per heavy atom. The molecule has 0 saturated heterocycles. The van der Waals surface area contributed by atoms with Crippen molar-refractivity contribution in [3.8, 4) is 0 Å². The van der Waals surface area contributed by atoms with E-state index in [1.54, 1.807) is 8.85 Å². The summed E-state index contributed by atoms with van der Waals surface area (Å²) in [6.45, 7) is 4.56. The van der Waals surface area contributed by atoms with E-state index >= 15 is 0 Å². The first kappa shape index (κ1) is 14.5. The zero-order chi connectivity index (χ0) is 6.69. The Bertz CT molecular complexity index is 161. The predicted molar refractivity (Wildman–Crippen MR) is 36.9 cm³/mol. The molecule has 0 bridgehead atoms.